The third-order valence-corrected chi connectivity index (χ3v) is 3.53. The minimum Gasteiger partial charge on any atom is -0.313 e. The zero-order valence-electron chi connectivity index (χ0n) is 6.82. The van der Waals surface area contributed by atoms with E-state index in [0.717, 1.165) is 11.5 Å². The Morgan fingerprint density at radius 3 is 2.20 bits per heavy atom. The first-order valence-electron chi connectivity index (χ1n) is 4.57. The van der Waals surface area contributed by atoms with Crippen molar-refractivity contribution in [3.05, 3.63) is 0 Å². The van der Waals surface area contributed by atoms with Crippen molar-refractivity contribution in [2.45, 2.75) is 45.1 Å². The average molecular weight is 139 g/mol. The van der Waals surface area contributed by atoms with Gasteiger partial charge in [0, 0.05) is 12.6 Å². The van der Waals surface area contributed by atoms with Gasteiger partial charge in [0.2, 0.25) is 0 Å². The SMILES string of the molecule is C[C@H]1NCC12CCCCC2. The third-order valence-electron chi connectivity index (χ3n) is 3.53. The summed E-state index contributed by atoms with van der Waals surface area (Å²) < 4.78 is 0. The molecule has 0 aromatic carbocycles. The van der Waals surface area contributed by atoms with Gasteiger partial charge in [0.05, 0.1) is 0 Å². The molecule has 2 rings (SSSR count). The molecule has 1 N–H and O–H groups in total. The van der Waals surface area contributed by atoms with Crippen LogP contribution in [-0.2, 0) is 0 Å². The second-order valence-electron chi connectivity index (χ2n) is 4.03. The molecule has 2 aliphatic rings. The molecule has 1 nitrogen and oxygen atoms in total. The molecular weight excluding hydrogens is 122 g/mol. The van der Waals surface area contributed by atoms with E-state index in [0.29, 0.717) is 0 Å². The lowest BCUT2D eigenvalue weighted by atomic mass is 9.65. The zero-order chi connectivity index (χ0) is 7.03. The maximum Gasteiger partial charge on any atom is 0.0108 e. The first-order valence-corrected chi connectivity index (χ1v) is 4.57. The van der Waals surface area contributed by atoms with Crippen LogP contribution in [0.25, 0.3) is 0 Å². The maximum absolute atomic E-state index is 3.47. The van der Waals surface area contributed by atoms with Gasteiger partial charge in [0.1, 0.15) is 0 Å². The lowest BCUT2D eigenvalue weighted by Gasteiger charge is -2.51. The molecule has 0 amide bonds. The van der Waals surface area contributed by atoms with Crippen LogP contribution >= 0.6 is 0 Å². The number of hydrogen-bond donors (Lipinski definition) is 1. The van der Waals surface area contributed by atoms with Crippen molar-refractivity contribution < 1.29 is 0 Å². The van der Waals surface area contributed by atoms with Crippen molar-refractivity contribution in [2.75, 3.05) is 6.54 Å². The second kappa shape index (κ2) is 2.23. The predicted octanol–water partition coefficient (Wildman–Crippen LogP) is 1.93. The highest BCUT2D eigenvalue weighted by atomic mass is 15.0. The first kappa shape index (κ1) is 6.66. The van der Waals surface area contributed by atoms with Crippen LogP contribution in [0.1, 0.15) is 39.0 Å². The van der Waals surface area contributed by atoms with Gasteiger partial charge in [0.25, 0.3) is 0 Å². The zero-order valence-corrected chi connectivity index (χ0v) is 6.82. The fourth-order valence-electron chi connectivity index (χ4n) is 2.46. The molecule has 0 radical (unpaired) electrons. The predicted molar refractivity (Wildman–Crippen MR) is 43.0 cm³/mol. The summed E-state index contributed by atoms with van der Waals surface area (Å²) in [6, 6.07) is 0.813. The van der Waals surface area contributed by atoms with Crippen LogP contribution in [0.2, 0.25) is 0 Å². The van der Waals surface area contributed by atoms with Crippen molar-refractivity contribution in [1.82, 2.24) is 5.32 Å². The molecule has 0 bridgehead atoms. The van der Waals surface area contributed by atoms with E-state index in [9.17, 15) is 0 Å². The topological polar surface area (TPSA) is 12.0 Å². The van der Waals surface area contributed by atoms with E-state index < -0.39 is 0 Å². The molecule has 10 heavy (non-hydrogen) atoms. The van der Waals surface area contributed by atoms with Gasteiger partial charge in [-0.15, -0.1) is 0 Å². The Bertz CT molecular complexity index is 125. The standard InChI is InChI=1S/C9H17N/c1-8-9(7-10-8)5-3-2-4-6-9/h8,10H,2-7H2,1H3/t8-/m1/s1. The molecule has 0 unspecified atom stereocenters. The van der Waals surface area contributed by atoms with Gasteiger partial charge in [-0.2, -0.15) is 0 Å². The molecule has 1 aliphatic carbocycles. The number of nitrogens with one attached hydrogen (secondary N) is 1. The summed E-state index contributed by atoms with van der Waals surface area (Å²) >= 11 is 0. The lowest BCUT2D eigenvalue weighted by Crippen LogP contribution is -2.61. The van der Waals surface area contributed by atoms with Crippen LogP contribution in [0.4, 0.5) is 0 Å². The Morgan fingerprint density at radius 1 is 1.20 bits per heavy atom. The fourth-order valence-corrected chi connectivity index (χ4v) is 2.46. The molecule has 1 saturated heterocycles. The summed E-state index contributed by atoms with van der Waals surface area (Å²) in [6.07, 6.45) is 7.41. The number of rotatable bonds is 0. The summed E-state index contributed by atoms with van der Waals surface area (Å²) in [7, 11) is 0. The summed E-state index contributed by atoms with van der Waals surface area (Å²) in [5.41, 5.74) is 0.748. The highest BCUT2D eigenvalue weighted by molar-refractivity contribution is 5.00. The number of hydrogen-bond acceptors (Lipinski definition) is 1. The molecule has 58 valence electrons. The average Bonchev–Trinajstić information content (AvgIpc) is 2.04. The molecule has 1 spiro atoms. The largest absolute Gasteiger partial charge is 0.313 e. The van der Waals surface area contributed by atoms with Gasteiger partial charge in [-0.25, -0.2) is 0 Å². The van der Waals surface area contributed by atoms with Gasteiger partial charge < -0.3 is 5.32 Å². The molecule has 0 aromatic heterocycles. The van der Waals surface area contributed by atoms with Crippen molar-refractivity contribution in [2.24, 2.45) is 5.41 Å². The molecule has 1 aliphatic heterocycles. The van der Waals surface area contributed by atoms with Gasteiger partial charge in [-0.05, 0) is 25.2 Å². The van der Waals surface area contributed by atoms with E-state index in [4.69, 9.17) is 0 Å². The van der Waals surface area contributed by atoms with Crippen LogP contribution in [0.3, 0.4) is 0 Å². The first-order chi connectivity index (χ1) is 4.83. The molecule has 2 fully saturated rings. The molecule has 1 saturated carbocycles. The van der Waals surface area contributed by atoms with E-state index in [1.54, 1.807) is 0 Å². The normalized spacial score (nSPS) is 37.5. The maximum atomic E-state index is 3.47. The van der Waals surface area contributed by atoms with E-state index in [1.807, 2.05) is 0 Å². The van der Waals surface area contributed by atoms with Crippen LogP contribution < -0.4 is 5.32 Å². The Hall–Kier alpha value is -0.0400. The Balaban J connectivity index is 1.99. The minimum absolute atomic E-state index is 0.748. The molecule has 1 heteroatoms. The monoisotopic (exact) mass is 139 g/mol. The fraction of sp³-hybridized carbons (Fsp3) is 1.00. The summed E-state index contributed by atoms with van der Waals surface area (Å²) in [5, 5.41) is 3.47. The molecular formula is C9H17N. The Kier molecular flexibility index (Phi) is 1.48. The molecule has 1 heterocycles. The van der Waals surface area contributed by atoms with Crippen molar-refractivity contribution in [1.29, 1.82) is 0 Å². The van der Waals surface area contributed by atoms with Crippen molar-refractivity contribution >= 4 is 0 Å². The van der Waals surface area contributed by atoms with Crippen LogP contribution in [0.15, 0.2) is 0 Å². The van der Waals surface area contributed by atoms with Gasteiger partial charge in [-0.1, -0.05) is 19.3 Å². The van der Waals surface area contributed by atoms with Crippen LogP contribution in [0, 0.1) is 5.41 Å². The smallest absolute Gasteiger partial charge is 0.0108 e. The van der Waals surface area contributed by atoms with Gasteiger partial charge in [-0.3, -0.25) is 0 Å². The Morgan fingerprint density at radius 2 is 1.90 bits per heavy atom. The van der Waals surface area contributed by atoms with E-state index in [1.165, 1.54) is 38.6 Å². The highest BCUT2D eigenvalue weighted by Crippen LogP contribution is 2.43. The highest BCUT2D eigenvalue weighted by Gasteiger charge is 2.43. The van der Waals surface area contributed by atoms with Gasteiger partial charge >= 0.3 is 0 Å². The summed E-state index contributed by atoms with van der Waals surface area (Å²) in [5.74, 6) is 0. The second-order valence-corrected chi connectivity index (χ2v) is 4.03. The van der Waals surface area contributed by atoms with Crippen LogP contribution in [0.5, 0.6) is 0 Å². The van der Waals surface area contributed by atoms with Crippen molar-refractivity contribution in [3.8, 4) is 0 Å². The van der Waals surface area contributed by atoms with E-state index >= 15 is 0 Å². The van der Waals surface area contributed by atoms with E-state index in [2.05, 4.69) is 12.2 Å². The third kappa shape index (κ3) is 0.800. The van der Waals surface area contributed by atoms with Crippen molar-refractivity contribution in [3.63, 3.8) is 0 Å². The lowest BCUT2D eigenvalue weighted by molar-refractivity contribution is 0.0478. The quantitative estimate of drug-likeness (QED) is 0.540. The summed E-state index contributed by atoms with van der Waals surface area (Å²) in [6.45, 7) is 3.64. The summed E-state index contributed by atoms with van der Waals surface area (Å²) in [4.78, 5) is 0. The van der Waals surface area contributed by atoms with Gasteiger partial charge in [0.15, 0.2) is 0 Å². The Labute approximate surface area is 63.2 Å². The van der Waals surface area contributed by atoms with Crippen LogP contribution in [-0.4, -0.2) is 12.6 Å². The molecule has 0 aromatic rings. The van der Waals surface area contributed by atoms with E-state index in [-0.39, 0.29) is 0 Å². The molecule has 1 atom stereocenters. The minimum atomic E-state index is 0.748.